The predicted octanol–water partition coefficient (Wildman–Crippen LogP) is 10.9. The largest absolute Gasteiger partial charge is 0.497 e. The van der Waals surface area contributed by atoms with Gasteiger partial charge in [-0.25, -0.2) is 9.97 Å². The van der Waals surface area contributed by atoms with Gasteiger partial charge in [0.25, 0.3) is 0 Å². The zero-order valence-electron chi connectivity index (χ0n) is 32.0. The Morgan fingerprint density at radius 1 is 0.448 bits per heavy atom. The van der Waals surface area contributed by atoms with E-state index in [1.54, 1.807) is 28.4 Å². The SMILES string of the molecule is COc1cccc(-c2c3nc(c(-c4cccc(OC)c4)c4ccc([nH]4)c4c5nc6c(c7ccc2[nH]7)c2cc(OC)ccc2c-6c-5c(=O)c2c(OC)cccc24)C=C3)c1. The molecular formula is C49H34N4O5. The molecule has 11 rings (SSSR count). The van der Waals surface area contributed by atoms with Gasteiger partial charge in [-0.05, 0) is 107 Å². The summed E-state index contributed by atoms with van der Waals surface area (Å²) in [5.41, 5.74) is 11.0. The monoisotopic (exact) mass is 758 g/mol. The Hall–Kier alpha value is -7.65. The lowest BCUT2D eigenvalue weighted by Gasteiger charge is -2.10. The molecule has 0 atom stereocenters. The molecule has 2 aliphatic heterocycles. The summed E-state index contributed by atoms with van der Waals surface area (Å²) in [6, 6.07) is 36.0. The van der Waals surface area contributed by atoms with Gasteiger partial charge in [0, 0.05) is 54.9 Å². The van der Waals surface area contributed by atoms with Crippen LogP contribution < -0.4 is 24.4 Å². The van der Waals surface area contributed by atoms with Gasteiger partial charge in [0.15, 0.2) is 5.43 Å². The zero-order valence-corrected chi connectivity index (χ0v) is 32.0. The molecule has 0 saturated carbocycles. The van der Waals surface area contributed by atoms with Crippen LogP contribution in [0.5, 0.6) is 23.0 Å². The fourth-order valence-electron chi connectivity index (χ4n) is 8.90. The smallest absolute Gasteiger partial charge is 0.200 e. The second kappa shape index (κ2) is 12.7. The molecule has 0 radical (unpaired) electrons. The first kappa shape index (κ1) is 33.7. The summed E-state index contributed by atoms with van der Waals surface area (Å²) in [5, 5.41) is 4.76. The van der Waals surface area contributed by atoms with Crippen LogP contribution in [0.2, 0.25) is 0 Å². The van der Waals surface area contributed by atoms with Crippen molar-refractivity contribution in [1.29, 1.82) is 0 Å². The summed E-state index contributed by atoms with van der Waals surface area (Å²) < 4.78 is 23.0. The predicted molar refractivity (Wildman–Crippen MR) is 233 cm³/mol. The molecular weight excluding hydrogens is 725 g/mol. The molecule has 3 aromatic heterocycles. The number of nitrogens with zero attached hydrogens (tertiary/aromatic N) is 2. The molecule has 9 nitrogen and oxygen atoms in total. The average molecular weight is 759 g/mol. The van der Waals surface area contributed by atoms with Crippen molar-refractivity contribution >= 4 is 66.5 Å². The van der Waals surface area contributed by atoms with E-state index in [0.717, 1.165) is 105 Å². The average Bonchev–Trinajstić information content (AvgIpc) is 4.12. The molecule has 5 heterocycles. The van der Waals surface area contributed by atoms with Crippen molar-refractivity contribution in [3.05, 3.63) is 131 Å². The highest BCUT2D eigenvalue weighted by Gasteiger charge is 2.32. The fourth-order valence-corrected chi connectivity index (χ4v) is 8.90. The number of fused-ring (bicyclic) bond motifs is 14. The summed E-state index contributed by atoms with van der Waals surface area (Å²) >= 11 is 0. The van der Waals surface area contributed by atoms with Gasteiger partial charge in [-0.3, -0.25) is 4.79 Å². The van der Waals surface area contributed by atoms with Crippen LogP contribution in [-0.2, 0) is 0 Å². The molecule has 8 bridgehead atoms. The molecule has 2 N–H and O–H groups in total. The fraction of sp³-hybridized carbons (Fsp3) is 0.0816. The number of methoxy groups -OCH3 is 4. The van der Waals surface area contributed by atoms with Crippen molar-refractivity contribution in [2.75, 3.05) is 28.4 Å². The molecule has 0 spiro atoms. The van der Waals surface area contributed by atoms with Crippen LogP contribution in [0, 0.1) is 0 Å². The molecule has 4 aliphatic rings. The first-order valence-electron chi connectivity index (χ1n) is 18.9. The second-order valence-corrected chi connectivity index (χ2v) is 14.4. The summed E-state index contributed by atoms with van der Waals surface area (Å²) in [7, 11) is 6.60. The van der Waals surface area contributed by atoms with Gasteiger partial charge in [-0.2, -0.15) is 0 Å². The summed E-state index contributed by atoms with van der Waals surface area (Å²) in [6.07, 6.45) is 4.12. The van der Waals surface area contributed by atoms with E-state index in [2.05, 4.69) is 58.5 Å². The van der Waals surface area contributed by atoms with Crippen LogP contribution in [0.15, 0.2) is 114 Å². The number of nitrogens with one attached hydrogen (secondary N) is 2. The van der Waals surface area contributed by atoms with Crippen molar-refractivity contribution in [3.63, 3.8) is 0 Å². The number of benzene rings is 5. The number of rotatable bonds is 6. The minimum atomic E-state index is -0.134. The Balaban J connectivity index is 1.41. The number of hydrogen-bond acceptors (Lipinski definition) is 7. The van der Waals surface area contributed by atoms with Crippen molar-refractivity contribution in [2.45, 2.75) is 0 Å². The molecule has 0 fully saturated rings. The highest BCUT2D eigenvalue weighted by Crippen LogP contribution is 2.51. The highest BCUT2D eigenvalue weighted by molar-refractivity contribution is 6.28. The van der Waals surface area contributed by atoms with Crippen LogP contribution in [0.1, 0.15) is 11.4 Å². The third kappa shape index (κ3) is 4.80. The van der Waals surface area contributed by atoms with Crippen LogP contribution in [0.4, 0.5) is 0 Å². The quantitative estimate of drug-likeness (QED) is 0.174. The number of H-pyrrole nitrogens is 2. The van der Waals surface area contributed by atoms with Crippen molar-refractivity contribution < 1.29 is 18.9 Å². The van der Waals surface area contributed by atoms with E-state index in [9.17, 15) is 0 Å². The minimum Gasteiger partial charge on any atom is -0.497 e. The molecule has 9 heteroatoms. The van der Waals surface area contributed by atoms with E-state index in [1.165, 1.54) is 0 Å². The highest BCUT2D eigenvalue weighted by atomic mass is 16.5. The number of aromatic nitrogens is 4. The van der Waals surface area contributed by atoms with Crippen LogP contribution in [0.25, 0.3) is 111 Å². The Kier molecular flexibility index (Phi) is 7.37. The molecule has 2 aliphatic carbocycles. The second-order valence-electron chi connectivity index (χ2n) is 14.4. The van der Waals surface area contributed by atoms with Crippen molar-refractivity contribution in [3.8, 4) is 67.8 Å². The first-order chi connectivity index (χ1) is 28.5. The molecule has 0 amide bonds. The Morgan fingerprint density at radius 3 is 1.60 bits per heavy atom. The number of aromatic amines is 2. The lowest BCUT2D eigenvalue weighted by Crippen LogP contribution is -2.08. The van der Waals surface area contributed by atoms with E-state index in [4.69, 9.17) is 28.9 Å². The van der Waals surface area contributed by atoms with Crippen LogP contribution in [-0.4, -0.2) is 48.4 Å². The summed E-state index contributed by atoms with van der Waals surface area (Å²) in [6.45, 7) is 0. The number of hydrogen-bond donors (Lipinski definition) is 2. The number of ether oxygens (including phenoxy) is 4. The maximum atomic E-state index is 15.0. The maximum Gasteiger partial charge on any atom is 0.200 e. The minimum absolute atomic E-state index is 0.134. The third-order valence-corrected chi connectivity index (χ3v) is 11.5. The van der Waals surface area contributed by atoms with Crippen LogP contribution in [0.3, 0.4) is 0 Å². The molecule has 7 aromatic rings. The van der Waals surface area contributed by atoms with Crippen molar-refractivity contribution in [2.24, 2.45) is 0 Å². The lowest BCUT2D eigenvalue weighted by atomic mass is 9.94. The Labute approximate surface area is 331 Å². The van der Waals surface area contributed by atoms with E-state index in [0.29, 0.717) is 28.1 Å². The molecule has 0 saturated heterocycles. The van der Waals surface area contributed by atoms with E-state index in [-0.39, 0.29) is 5.43 Å². The van der Waals surface area contributed by atoms with Gasteiger partial charge in [0.1, 0.15) is 23.0 Å². The molecule has 4 aromatic carbocycles. The van der Waals surface area contributed by atoms with Gasteiger partial charge in [0.05, 0.1) is 62.2 Å². The molecule has 0 unspecified atom stereocenters. The van der Waals surface area contributed by atoms with Gasteiger partial charge in [-0.1, -0.05) is 36.4 Å². The topological polar surface area (TPSA) is 111 Å². The maximum absolute atomic E-state index is 15.0. The summed E-state index contributed by atoms with van der Waals surface area (Å²) in [4.78, 5) is 33.4. The van der Waals surface area contributed by atoms with Crippen molar-refractivity contribution in [1.82, 2.24) is 19.9 Å². The molecule has 280 valence electrons. The van der Waals surface area contributed by atoms with E-state index >= 15 is 4.79 Å². The van der Waals surface area contributed by atoms with Gasteiger partial charge >= 0.3 is 0 Å². The first-order valence-corrected chi connectivity index (χ1v) is 18.9. The van der Waals surface area contributed by atoms with E-state index in [1.807, 2.05) is 72.8 Å². The normalized spacial score (nSPS) is 12.1. The summed E-state index contributed by atoms with van der Waals surface area (Å²) in [5.74, 6) is 2.66. The van der Waals surface area contributed by atoms with E-state index < -0.39 is 0 Å². The van der Waals surface area contributed by atoms with Gasteiger partial charge < -0.3 is 28.9 Å². The van der Waals surface area contributed by atoms with Gasteiger partial charge in [-0.15, -0.1) is 0 Å². The lowest BCUT2D eigenvalue weighted by molar-refractivity contribution is 0.415. The third-order valence-electron chi connectivity index (χ3n) is 11.5. The standard InChI is InChI=1S/C49H34N4O5/c1-55-27-10-5-8-25(22-27)40-33-16-17-34(50-33)41(26-9-6-11-28(23-26)56-2)36-19-21-38(52-36)43-32-24-29(57-3)14-15-30(32)45-46-48(53-47(43)45)42(37-20-18-35(40)51-37)31-12-7-13-39(58-4)44(31)49(46)54/h5-24,51-52H,1-4H3. The Morgan fingerprint density at radius 2 is 1.00 bits per heavy atom. The zero-order chi connectivity index (χ0) is 39.2. The van der Waals surface area contributed by atoms with Crippen LogP contribution >= 0.6 is 0 Å². The molecule has 58 heavy (non-hydrogen) atoms. The van der Waals surface area contributed by atoms with Gasteiger partial charge in [0.2, 0.25) is 0 Å². The Bertz CT molecular complexity index is 3430.